The zero-order chi connectivity index (χ0) is 21.3. The summed E-state index contributed by atoms with van der Waals surface area (Å²) in [4.78, 5) is 18.2. The molecule has 6 heteroatoms. The highest BCUT2D eigenvalue weighted by atomic mass is 16.5. The van der Waals surface area contributed by atoms with Crippen molar-refractivity contribution < 1.29 is 14.6 Å². The second-order valence-electron chi connectivity index (χ2n) is 8.54. The van der Waals surface area contributed by atoms with Crippen LogP contribution in [0.25, 0.3) is 10.8 Å². The summed E-state index contributed by atoms with van der Waals surface area (Å²) in [6, 6.07) is 12.7. The summed E-state index contributed by atoms with van der Waals surface area (Å²) in [7, 11) is 4.17. The van der Waals surface area contributed by atoms with Crippen LogP contribution in [-0.2, 0) is 4.79 Å². The maximum absolute atomic E-state index is 11.8. The lowest BCUT2D eigenvalue weighted by Crippen LogP contribution is -2.41. The molecular weight excluding hydrogens is 378 g/mol. The molecule has 1 N–H and O–H groups in total. The minimum atomic E-state index is -1.08. The largest absolute Gasteiger partial charge is 0.478 e. The molecule has 0 bridgehead atoms. The van der Waals surface area contributed by atoms with E-state index in [9.17, 15) is 9.90 Å². The van der Waals surface area contributed by atoms with Gasteiger partial charge in [0.25, 0.3) is 0 Å². The summed E-state index contributed by atoms with van der Waals surface area (Å²) in [6.07, 6.45) is 8.58. The van der Waals surface area contributed by atoms with Crippen LogP contribution in [0.2, 0.25) is 0 Å². The highest BCUT2D eigenvalue weighted by Gasteiger charge is 2.43. The third-order valence-corrected chi connectivity index (χ3v) is 6.41. The van der Waals surface area contributed by atoms with Crippen molar-refractivity contribution in [2.24, 2.45) is 0 Å². The van der Waals surface area contributed by atoms with Crippen molar-refractivity contribution in [3.8, 4) is 5.75 Å². The molecule has 0 spiro atoms. The number of likely N-dealkylation sites (N-methyl/N-ethyl adjacent to an activating group) is 1. The van der Waals surface area contributed by atoms with Crippen LogP contribution in [-0.4, -0.2) is 51.3 Å². The SMILES string of the molecule is CC(C(c1ccc2cc(OC3(C(=O)O)CCCC3)ccc2c1)n1ccnc1)N(C)C. The number of aliphatic carboxylic acids is 1. The highest BCUT2D eigenvalue weighted by Crippen LogP contribution is 2.36. The molecule has 3 aromatic rings. The summed E-state index contributed by atoms with van der Waals surface area (Å²) in [6.45, 7) is 2.21. The van der Waals surface area contributed by atoms with Crippen LogP contribution in [0.5, 0.6) is 5.75 Å². The number of hydrogen-bond acceptors (Lipinski definition) is 4. The molecule has 1 aromatic heterocycles. The van der Waals surface area contributed by atoms with Gasteiger partial charge in [-0.2, -0.15) is 0 Å². The van der Waals surface area contributed by atoms with Gasteiger partial charge in [0.2, 0.25) is 5.60 Å². The first-order valence-electron chi connectivity index (χ1n) is 10.5. The van der Waals surface area contributed by atoms with E-state index in [1.54, 1.807) is 6.20 Å². The monoisotopic (exact) mass is 407 g/mol. The van der Waals surface area contributed by atoms with Crippen molar-refractivity contribution in [1.82, 2.24) is 14.5 Å². The number of carboxylic acids is 1. The fourth-order valence-electron chi connectivity index (χ4n) is 4.44. The molecule has 0 radical (unpaired) electrons. The van der Waals surface area contributed by atoms with E-state index in [2.05, 4.69) is 53.7 Å². The van der Waals surface area contributed by atoms with E-state index >= 15 is 0 Å². The van der Waals surface area contributed by atoms with E-state index in [1.165, 1.54) is 5.56 Å². The standard InChI is InChI=1S/C24H29N3O3/c1-17(26(2)3)22(27-13-12-25-16-27)20-7-6-19-15-21(9-8-18(19)14-20)30-24(23(28)29)10-4-5-11-24/h6-9,12-17,22H,4-5,10-11H2,1-3H3,(H,28,29). The Morgan fingerprint density at radius 3 is 2.50 bits per heavy atom. The van der Waals surface area contributed by atoms with Gasteiger partial charge in [0.1, 0.15) is 5.75 Å². The van der Waals surface area contributed by atoms with Gasteiger partial charge < -0.3 is 19.3 Å². The molecule has 0 saturated heterocycles. The van der Waals surface area contributed by atoms with Crippen LogP contribution in [0.1, 0.15) is 44.2 Å². The number of fused-ring (bicyclic) bond motifs is 1. The average molecular weight is 408 g/mol. The van der Waals surface area contributed by atoms with Crippen molar-refractivity contribution in [3.05, 3.63) is 60.7 Å². The minimum Gasteiger partial charge on any atom is -0.478 e. The fourth-order valence-corrected chi connectivity index (χ4v) is 4.44. The Morgan fingerprint density at radius 2 is 1.87 bits per heavy atom. The van der Waals surface area contributed by atoms with E-state index in [4.69, 9.17) is 4.74 Å². The number of imidazole rings is 1. The molecule has 0 amide bonds. The summed E-state index contributed by atoms with van der Waals surface area (Å²) >= 11 is 0. The molecule has 0 aliphatic heterocycles. The normalized spacial score (nSPS) is 17.9. The zero-order valence-electron chi connectivity index (χ0n) is 17.8. The molecule has 4 rings (SSSR count). The van der Waals surface area contributed by atoms with E-state index < -0.39 is 11.6 Å². The number of aromatic nitrogens is 2. The third kappa shape index (κ3) is 3.79. The number of carbonyl (C=O) groups is 1. The van der Waals surface area contributed by atoms with Gasteiger partial charge in [-0.3, -0.25) is 0 Å². The van der Waals surface area contributed by atoms with Gasteiger partial charge in [0.15, 0.2) is 0 Å². The van der Waals surface area contributed by atoms with Crippen molar-refractivity contribution in [1.29, 1.82) is 0 Å². The predicted octanol–water partition coefficient (Wildman–Crippen LogP) is 4.35. The number of ether oxygens (including phenoxy) is 1. The highest BCUT2D eigenvalue weighted by molar-refractivity contribution is 5.85. The van der Waals surface area contributed by atoms with Crippen molar-refractivity contribution >= 4 is 16.7 Å². The van der Waals surface area contributed by atoms with Crippen LogP contribution in [0, 0.1) is 0 Å². The summed E-state index contributed by atoms with van der Waals surface area (Å²) in [5, 5.41) is 11.8. The molecular formula is C24H29N3O3. The summed E-state index contributed by atoms with van der Waals surface area (Å²) in [5.74, 6) is -0.247. The molecule has 1 aliphatic rings. The molecule has 2 aromatic carbocycles. The van der Waals surface area contributed by atoms with Crippen LogP contribution >= 0.6 is 0 Å². The second-order valence-corrected chi connectivity index (χ2v) is 8.54. The molecule has 30 heavy (non-hydrogen) atoms. The topological polar surface area (TPSA) is 67.6 Å². The Labute approximate surface area is 177 Å². The van der Waals surface area contributed by atoms with Crippen molar-refractivity contribution in [3.63, 3.8) is 0 Å². The maximum atomic E-state index is 11.8. The van der Waals surface area contributed by atoms with Gasteiger partial charge in [0.05, 0.1) is 12.4 Å². The first kappa shape index (κ1) is 20.4. The Balaban J connectivity index is 1.66. The lowest BCUT2D eigenvalue weighted by molar-refractivity contribution is -0.154. The molecule has 158 valence electrons. The quantitative estimate of drug-likeness (QED) is 0.631. The van der Waals surface area contributed by atoms with Gasteiger partial charge >= 0.3 is 5.97 Å². The number of carboxylic acid groups (broad SMARTS) is 1. The number of benzene rings is 2. The van der Waals surface area contributed by atoms with Crippen LogP contribution in [0.15, 0.2) is 55.1 Å². The Kier molecular flexibility index (Phi) is 5.52. The van der Waals surface area contributed by atoms with Crippen LogP contribution in [0.4, 0.5) is 0 Å². The van der Waals surface area contributed by atoms with Gasteiger partial charge in [-0.15, -0.1) is 0 Å². The second kappa shape index (κ2) is 8.11. The maximum Gasteiger partial charge on any atom is 0.348 e. The van der Waals surface area contributed by atoms with Crippen LogP contribution in [0.3, 0.4) is 0 Å². The molecule has 1 saturated carbocycles. The molecule has 1 fully saturated rings. The molecule has 6 nitrogen and oxygen atoms in total. The number of rotatable bonds is 7. The molecule has 2 atom stereocenters. The third-order valence-electron chi connectivity index (χ3n) is 6.41. The van der Waals surface area contributed by atoms with Gasteiger partial charge in [-0.1, -0.05) is 18.2 Å². The molecule has 1 heterocycles. The zero-order valence-corrected chi connectivity index (χ0v) is 17.8. The number of nitrogens with zero attached hydrogens (tertiary/aromatic N) is 3. The van der Waals surface area contributed by atoms with Crippen LogP contribution < -0.4 is 4.74 Å². The lowest BCUT2D eigenvalue weighted by Gasteiger charge is -2.31. The smallest absolute Gasteiger partial charge is 0.348 e. The van der Waals surface area contributed by atoms with E-state index in [0.29, 0.717) is 18.6 Å². The minimum absolute atomic E-state index is 0.136. The van der Waals surface area contributed by atoms with Crippen molar-refractivity contribution in [2.45, 2.75) is 50.3 Å². The van der Waals surface area contributed by atoms with Crippen molar-refractivity contribution in [2.75, 3.05) is 14.1 Å². The Hall–Kier alpha value is -2.86. The predicted molar refractivity (Wildman–Crippen MR) is 117 cm³/mol. The van der Waals surface area contributed by atoms with Gasteiger partial charge in [0, 0.05) is 18.4 Å². The summed E-state index contributed by atoms with van der Waals surface area (Å²) < 4.78 is 8.16. The number of hydrogen-bond donors (Lipinski definition) is 1. The average Bonchev–Trinajstić information content (AvgIpc) is 3.41. The first-order chi connectivity index (χ1) is 14.4. The Morgan fingerprint density at radius 1 is 1.17 bits per heavy atom. The van der Waals surface area contributed by atoms with Gasteiger partial charge in [-0.25, -0.2) is 9.78 Å². The van der Waals surface area contributed by atoms with E-state index in [0.717, 1.165) is 23.6 Å². The Bertz CT molecular complexity index is 1020. The summed E-state index contributed by atoms with van der Waals surface area (Å²) in [5.41, 5.74) is 0.120. The van der Waals surface area contributed by atoms with Gasteiger partial charge in [-0.05, 0) is 81.2 Å². The molecule has 2 unspecified atom stereocenters. The van der Waals surface area contributed by atoms with E-state index in [-0.39, 0.29) is 12.1 Å². The molecule has 1 aliphatic carbocycles. The lowest BCUT2D eigenvalue weighted by atomic mass is 9.96. The first-order valence-corrected chi connectivity index (χ1v) is 10.5. The van der Waals surface area contributed by atoms with E-state index in [1.807, 2.05) is 30.7 Å². The fraction of sp³-hybridized carbons (Fsp3) is 0.417.